The highest BCUT2D eigenvalue weighted by Gasteiger charge is 2.31. The van der Waals surface area contributed by atoms with E-state index < -0.39 is 0 Å². The minimum Gasteiger partial charge on any atom is -0.357 e. The van der Waals surface area contributed by atoms with Crippen molar-refractivity contribution in [3.05, 3.63) is 48.8 Å². The molecule has 3 heterocycles. The molecule has 10 heteroatoms. The van der Waals surface area contributed by atoms with E-state index in [1.165, 1.54) is 0 Å². The zero-order valence-corrected chi connectivity index (χ0v) is 21.4. The lowest BCUT2D eigenvalue weighted by Gasteiger charge is -2.34. The van der Waals surface area contributed by atoms with Crippen LogP contribution in [0.15, 0.2) is 53.8 Å². The summed E-state index contributed by atoms with van der Waals surface area (Å²) in [5, 5.41) is 6.76. The number of aliphatic imine (C=N–C) groups is 1. The Bertz CT molecular complexity index is 890. The lowest BCUT2D eigenvalue weighted by Crippen LogP contribution is -2.48. The van der Waals surface area contributed by atoms with Crippen molar-refractivity contribution in [2.75, 3.05) is 62.2 Å². The number of carbonyl (C=O) groups excluding carboxylic acids is 1. The molecule has 0 aliphatic carbocycles. The maximum Gasteiger partial charge on any atom is 0.229 e. The maximum absolute atomic E-state index is 12.5. The van der Waals surface area contributed by atoms with Crippen molar-refractivity contribution in [2.45, 2.75) is 19.4 Å². The van der Waals surface area contributed by atoms with Crippen LogP contribution in [0.3, 0.4) is 0 Å². The smallest absolute Gasteiger partial charge is 0.229 e. The van der Waals surface area contributed by atoms with Crippen LogP contribution in [0.25, 0.3) is 0 Å². The lowest BCUT2D eigenvalue weighted by molar-refractivity contribution is -0.117. The van der Waals surface area contributed by atoms with Gasteiger partial charge in [0.05, 0.1) is 12.6 Å². The highest BCUT2D eigenvalue weighted by Crippen LogP contribution is 2.21. The van der Waals surface area contributed by atoms with E-state index in [2.05, 4.69) is 37.3 Å². The number of hydrogen-bond acceptors (Lipinski definition) is 6. The molecule has 0 saturated carbocycles. The monoisotopic (exact) mass is 564 g/mol. The van der Waals surface area contributed by atoms with Crippen molar-refractivity contribution in [3.63, 3.8) is 0 Å². The summed E-state index contributed by atoms with van der Waals surface area (Å²) >= 11 is 0. The second-order valence-electron chi connectivity index (χ2n) is 8.02. The Hall–Kier alpha value is -2.47. The maximum atomic E-state index is 12.5. The predicted octanol–water partition coefficient (Wildman–Crippen LogP) is 1.58. The van der Waals surface area contributed by atoms with Gasteiger partial charge in [0, 0.05) is 70.3 Å². The topological polar surface area (TPSA) is 89.0 Å². The molecular weight excluding hydrogens is 531 g/mol. The third kappa shape index (κ3) is 7.00. The van der Waals surface area contributed by atoms with Gasteiger partial charge in [-0.15, -0.1) is 24.0 Å². The summed E-state index contributed by atoms with van der Waals surface area (Å²) in [6.45, 7) is 8.89. The Morgan fingerprint density at radius 1 is 1.09 bits per heavy atom. The number of anilines is 2. The Morgan fingerprint density at radius 2 is 1.82 bits per heavy atom. The Labute approximate surface area is 212 Å². The van der Waals surface area contributed by atoms with Gasteiger partial charge in [-0.25, -0.2) is 9.97 Å². The number of amides is 1. The molecule has 1 unspecified atom stereocenters. The SMILES string of the molecule is CCNC(=NCCN1CCN(c2ncccn2)CC1)NC1CC(=O)N(c2ccccc2)C1.I. The van der Waals surface area contributed by atoms with Crippen molar-refractivity contribution in [1.82, 2.24) is 25.5 Å². The van der Waals surface area contributed by atoms with Gasteiger partial charge in [-0.2, -0.15) is 0 Å². The number of guanidine groups is 1. The fourth-order valence-corrected chi connectivity index (χ4v) is 4.10. The van der Waals surface area contributed by atoms with E-state index in [1.54, 1.807) is 12.4 Å². The molecule has 1 amide bonds. The van der Waals surface area contributed by atoms with E-state index >= 15 is 0 Å². The Balaban J connectivity index is 0.00000306. The van der Waals surface area contributed by atoms with E-state index in [1.807, 2.05) is 41.3 Å². The second kappa shape index (κ2) is 12.7. The molecule has 1 aromatic carbocycles. The highest BCUT2D eigenvalue weighted by atomic mass is 127. The summed E-state index contributed by atoms with van der Waals surface area (Å²) in [6.07, 6.45) is 4.05. The molecule has 2 fully saturated rings. The summed E-state index contributed by atoms with van der Waals surface area (Å²) in [5.74, 6) is 1.72. The first-order valence-corrected chi connectivity index (χ1v) is 11.4. The molecule has 0 bridgehead atoms. The first kappa shape index (κ1) is 25.2. The van der Waals surface area contributed by atoms with Gasteiger partial charge in [-0.05, 0) is 25.1 Å². The Morgan fingerprint density at radius 3 is 2.52 bits per heavy atom. The number of nitrogens with zero attached hydrogens (tertiary/aromatic N) is 6. The minimum atomic E-state index is 0. The minimum absolute atomic E-state index is 0. The number of aromatic nitrogens is 2. The fraction of sp³-hybridized carbons (Fsp3) is 0.478. The van der Waals surface area contributed by atoms with Crippen LogP contribution in [0.5, 0.6) is 0 Å². The molecule has 1 atom stereocenters. The molecule has 33 heavy (non-hydrogen) atoms. The third-order valence-corrected chi connectivity index (χ3v) is 5.77. The number of piperazine rings is 1. The summed E-state index contributed by atoms with van der Waals surface area (Å²) in [5.41, 5.74) is 0.948. The van der Waals surface area contributed by atoms with Crippen LogP contribution in [0.4, 0.5) is 11.6 Å². The van der Waals surface area contributed by atoms with E-state index in [9.17, 15) is 4.79 Å². The van der Waals surface area contributed by atoms with Crippen LogP contribution in [0.1, 0.15) is 13.3 Å². The number of carbonyl (C=O) groups is 1. The van der Waals surface area contributed by atoms with Crippen molar-refractivity contribution in [1.29, 1.82) is 0 Å². The molecule has 2 aliphatic heterocycles. The van der Waals surface area contributed by atoms with Crippen LogP contribution >= 0.6 is 24.0 Å². The number of hydrogen-bond donors (Lipinski definition) is 2. The van der Waals surface area contributed by atoms with Crippen LogP contribution in [-0.4, -0.2) is 85.1 Å². The summed E-state index contributed by atoms with van der Waals surface area (Å²) in [7, 11) is 0. The van der Waals surface area contributed by atoms with Gasteiger partial charge >= 0.3 is 0 Å². The zero-order chi connectivity index (χ0) is 22.2. The lowest BCUT2D eigenvalue weighted by atomic mass is 10.2. The van der Waals surface area contributed by atoms with Gasteiger partial charge in [0.15, 0.2) is 5.96 Å². The summed E-state index contributed by atoms with van der Waals surface area (Å²) in [4.78, 5) is 32.4. The molecule has 9 nitrogen and oxygen atoms in total. The molecule has 2 saturated heterocycles. The number of halogens is 1. The average Bonchev–Trinajstić information content (AvgIpc) is 3.20. The van der Waals surface area contributed by atoms with Crippen molar-refractivity contribution < 1.29 is 4.79 Å². The van der Waals surface area contributed by atoms with Gasteiger partial charge in [0.2, 0.25) is 11.9 Å². The van der Waals surface area contributed by atoms with Crippen LogP contribution in [0, 0.1) is 0 Å². The number of para-hydroxylation sites is 1. The van der Waals surface area contributed by atoms with Gasteiger partial charge in [-0.1, -0.05) is 18.2 Å². The molecule has 0 spiro atoms. The molecular formula is C23H33IN8O. The zero-order valence-electron chi connectivity index (χ0n) is 19.1. The van der Waals surface area contributed by atoms with Crippen molar-refractivity contribution in [3.8, 4) is 0 Å². The average molecular weight is 564 g/mol. The van der Waals surface area contributed by atoms with Crippen molar-refractivity contribution in [2.24, 2.45) is 4.99 Å². The molecule has 0 radical (unpaired) electrons. The van der Waals surface area contributed by atoms with Crippen LogP contribution in [-0.2, 0) is 4.79 Å². The summed E-state index contributed by atoms with van der Waals surface area (Å²) in [6, 6.07) is 11.7. The fourth-order valence-electron chi connectivity index (χ4n) is 4.10. The first-order chi connectivity index (χ1) is 15.7. The normalized spacial score (nSPS) is 19.4. The van der Waals surface area contributed by atoms with Crippen LogP contribution in [0.2, 0.25) is 0 Å². The van der Waals surface area contributed by atoms with E-state index in [0.717, 1.165) is 56.9 Å². The van der Waals surface area contributed by atoms with Gasteiger partial charge in [-0.3, -0.25) is 14.7 Å². The van der Waals surface area contributed by atoms with E-state index in [4.69, 9.17) is 4.99 Å². The van der Waals surface area contributed by atoms with Crippen molar-refractivity contribution >= 4 is 47.5 Å². The van der Waals surface area contributed by atoms with E-state index in [-0.39, 0.29) is 35.9 Å². The second-order valence-corrected chi connectivity index (χ2v) is 8.02. The molecule has 1 aromatic heterocycles. The van der Waals surface area contributed by atoms with E-state index in [0.29, 0.717) is 19.5 Å². The predicted molar refractivity (Wildman–Crippen MR) is 142 cm³/mol. The molecule has 4 rings (SSSR count). The van der Waals surface area contributed by atoms with Crippen LogP contribution < -0.4 is 20.4 Å². The highest BCUT2D eigenvalue weighted by molar-refractivity contribution is 14.0. The van der Waals surface area contributed by atoms with Gasteiger partial charge < -0.3 is 20.4 Å². The molecule has 2 N–H and O–H groups in total. The van der Waals surface area contributed by atoms with Gasteiger partial charge in [0.1, 0.15) is 0 Å². The van der Waals surface area contributed by atoms with Gasteiger partial charge in [0.25, 0.3) is 0 Å². The summed E-state index contributed by atoms with van der Waals surface area (Å²) < 4.78 is 0. The number of rotatable bonds is 7. The largest absolute Gasteiger partial charge is 0.357 e. The first-order valence-electron chi connectivity index (χ1n) is 11.4. The molecule has 2 aromatic rings. The quantitative estimate of drug-likeness (QED) is 0.300. The Kier molecular flexibility index (Phi) is 9.67. The third-order valence-electron chi connectivity index (χ3n) is 5.77. The molecule has 2 aliphatic rings. The molecule has 178 valence electrons. The number of nitrogens with one attached hydrogen (secondary N) is 2. The standard InChI is InChI=1S/C23H32N8O.HI/c1-2-24-22(28-19-17-21(32)31(18-19)20-7-4-3-5-8-20)25-11-12-29-13-15-30(16-14-29)23-26-9-6-10-27-23;/h3-10,19H,2,11-18H2,1H3,(H2,24,25,28);1H. The number of benzene rings is 1.